The summed E-state index contributed by atoms with van der Waals surface area (Å²) >= 11 is 5.34. The van der Waals surface area contributed by atoms with Gasteiger partial charge < -0.3 is 20.3 Å². The molecule has 0 aliphatic heterocycles. The van der Waals surface area contributed by atoms with Crippen molar-refractivity contribution in [3.63, 3.8) is 0 Å². The molecule has 26 heavy (non-hydrogen) atoms. The molecule has 0 radical (unpaired) electrons. The third-order valence-electron chi connectivity index (χ3n) is 3.76. The van der Waals surface area contributed by atoms with Gasteiger partial charge in [0.25, 0.3) is 5.91 Å². The van der Waals surface area contributed by atoms with E-state index in [0.29, 0.717) is 17.3 Å². The fraction of sp³-hybridized carbons (Fsp3) is 0.300. The van der Waals surface area contributed by atoms with E-state index in [-0.39, 0.29) is 11.9 Å². The van der Waals surface area contributed by atoms with Crippen LogP contribution in [0.5, 0.6) is 5.75 Å². The van der Waals surface area contributed by atoms with Crippen LogP contribution < -0.4 is 15.4 Å². The molecule has 1 amide bonds. The molecule has 6 heteroatoms. The van der Waals surface area contributed by atoms with Gasteiger partial charge in [-0.3, -0.25) is 4.79 Å². The first-order chi connectivity index (χ1) is 12.4. The number of benzene rings is 2. The number of hydrogen-bond donors (Lipinski definition) is 2. The molecule has 138 valence electrons. The maximum atomic E-state index is 11.9. The molecule has 0 spiro atoms. The fourth-order valence-electron chi connectivity index (χ4n) is 2.32. The van der Waals surface area contributed by atoms with Crippen LogP contribution in [0.4, 0.5) is 5.69 Å². The predicted molar refractivity (Wildman–Crippen MR) is 110 cm³/mol. The minimum absolute atomic E-state index is 0.0285. The maximum Gasteiger partial charge on any atom is 0.253 e. The molecule has 5 nitrogen and oxygen atoms in total. The van der Waals surface area contributed by atoms with E-state index in [0.717, 1.165) is 17.0 Å². The Balaban J connectivity index is 1.82. The number of amides is 1. The number of carbonyl (C=O) groups is 1. The second-order valence-corrected chi connectivity index (χ2v) is 6.76. The summed E-state index contributed by atoms with van der Waals surface area (Å²) in [6.07, 6.45) is 0. The molecule has 0 aliphatic carbocycles. The summed E-state index contributed by atoms with van der Waals surface area (Å²) in [6, 6.07) is 15.2. The van der Waals surface area contributed by atoms with Crippen molar-refractivity contribution < 1.29 is 9.53 Å². The quantitative estimate of drug-likeness (QED) is 0.762. The summed E-state index contributed by atoms with van der Waals surface area (Å²) in [4.78, 5) is 13.4. The summed E-state index contributed by atoms with van der Waals surface area (Å²) in [5.41, 5.74) is 2.57. The maximum absolute atomic E-state index is 11.9. The molecule has 0 aromatic heterocycles. The highest BCUT2D eigenvalue weighted by Gasteiger charge is 2.09. The summed E-state index contributed by atoms with van der Waals surface area (Å²) < 4.78 is 5.82. The Labute approximate surface area is 160 Å². The number of anilines is 1. The predicted octanol–water partition coefficient (Wildman–Crippen LogP) is 3.45. The molecule has 1 atom stereocenters. The minimum Gasteiger partial charge on any atom is -0.491 e. The van der Waals surface area contributed by atoms with Crippen molar-refractivity contribution in [1.82, 2.24) is 10.2 Å². The van der Waals surface area contributed by atoms with Crippen LogP contribution in [0.15, 0.2) is 48.5 Å². The van der Waals surface area contributed by atoms with E-state index < -0.39 is 0 Å². The largest absolute Gasteiger partial charge is 0.491 e. The molecule has 0 saturated carbocycles. The molecule has 2 rings (SSSR count). The topological polar surface area (TPSA) is 53.6 Å². The highest BCUT2D eigenvalue weighted by molar-refractivity contribution is 7.80. The number of rotatable bonds is 6. The number of aryl methyl sites for hydroxylation is 1. The fourth-order valence-corrected chi connectivity index (χ4v) is 2.64. The Bertz CT molecular complexity index is 760. The van der Waals surface area contributed by atoms with E-state index in [4.69, 9.17) is 17.0 Å². The van der Waals surface area contributed by atoms with Crippen LogP contribution in [0.3, 0.4) is 0 Å². The number of para-hydroxylation sites is 1. The summed E-state index contributed by atoms with van der Waals surface area (Å²) in [6.45, 7) is 4.53. The number of ether oxygens (including phenoxy) is 1. The van der Waals surface area contributed by atoms with Crippen LogP contribution in [0.2, 0.25) is 0 Å². The molecular formula is C20H25N3O2S. The first-order valence-electron chi connectivity index (χ1n) is 8.44. The molecule has 0 bridgehead atoms. The number of nitrogens with one attached hydrogen (secondary N) is 2. The van der Waals surface area contributed by atoms with Gasteiger partial charge in [-0.15, -0.1) is 0 Å². The van der Waals surface area contributed by atoms with Gasteiger partial charge in [0.2, 0.25) is 0 Å². The van der Waals surface area contributed by atoms with Gasteiger partial charge in [-0.05, 0) is 62.0 Å². The molecule has 1 unspecified atom stereocenters. The van der Waals surface area contributed by atoms with Crippen molar-refractivity contribution in [3.8, 4) is 5.75 Å². The summed E-state index contributed by atoms with van der Waals surface area (Å²) in [7, 11) is 3.46. The van der Waals surface area contributed by atoms with Gasteiger partial charge in [-0.2, -0.15) is 0 Å². The van der Waals surface area contributed by atoms with Crippen molar-refractivity contribution in [3.05, 3.63) is 59.7 Å². The van der Waals surface area contributed by atoms with Crippen LogP contribution in [-0.4, -0.2) is 42.7 Å². The Morgan fingerprint density at radius 2 is 1.81 bits per heavy atom. The van der Waals surface area contributed by atoms with Gasteiger partial charge >= 0.3 is 0 Å². The summed E-state index contributed by atoms with van der Waals surface area (Å²) in [5.74, 6) is 0.848. The Morgan fingerprint density at radius 3 is 2.42 bits per heavy atom. The highest BCUT2D eigenvalue weighted by atomic mass is 32.1. The highest BCUT2D eigenvalue weighted by Crippen LogP contribution is 2.16. The third kappa shape index (κ3) is 5.74. The Kier molecular flexibility index (Phi) is 6.97. The smallest absolute Gasteiger partial charge is 0.253 e. The first kappa shape index (κ1) is 19.7. The van der Waals surface area contributed by atoms with Gasteiger partial charge in [-0.1, -0.05) is 18.2 Å². The molecule has 0 saturated heterocycles. The van der Waals surface area contributed by atoms with Crippen LogP contribution in [0.25, 0.3) is 0 Å². The normalized spacial score (nSPS) is 11.4. The average Bonchev–Trinajstić information content (AvgIpc) is 2.61. The van der Waals surface area contributed by atoms with Crippen molar-refractivity contribution in [2.75, 3.05) is 26.0 Å². The van der Waals surface area contributed by atoms with Gasteiger partial charge in [0.1, 0.15) is 12.4 Å². The molecular weight excluding hydrogens is 346 g/mol. The molecule has 0 aliphatic rings. The minimum atomic E-state index is -0.0285. The lowest BCUT2D eigenvalue weighted by atomic mass is 10.2. The number of hydrogen-bond acceptors (Lipinski definition) is 3. The number of thiocarbonyl (C=S) groups is 1. The van der Waals surface area contributed by atoms with Gasteiger partial charge in [-0.25, -0.2) is 0 Å². The van der Waals surface area contributed by atoms with E-state index in [1.54, 1.807) is 31.1 Å². The Hall–Kier alpha value is -2.60. The zero-order valence-corrected chi connectivity index (χ0v) is 16.4. The molecule has 0 heterocycles. The molecule has 2 aromatic carbocycles. The molecule has 0 fully saturated rings. The van der Waals surface area contributed by atoms with E-state index >= 15 is 0 Å². The first-order valence-corrected chi connectivity index (χ1v) is 8.85. The van der Waals surface area contributed by atoms with E-state index in [2.05, 4.69) is 10.6 Å². The average molecular weight is 372 g/mol. The number of nitrogens with zero attached hydrogens (tertiary/aromatic N) is 1. The van der Waals surface area contributed by atoms with Crippen LogP contribution in [0, 0.1) is 6.92 Å². The second kappa shape index (κ2) is 9.20. The van der Waals surface area contributed by atoms with E-state index in [1.165, 1.54) is 0 Å². The molecule has 2 aromatic rings. The van der Waals surface area contributed by atoms with Gasteiger partial charge in [0, 0.05) is 25.3 Å². The van der Waals surface area contributed by atoms with Crippen molar-refractivity contribution in [1.29, 1.82) is 0 Å². The van der Waals surface area contributed by atoms with E-state index in [9.17, 15) is 4.79 Å². The zero-order valence-electron chi connectivity index (χ0n) is 15.6. The summed E-state index contributed by atoms with van der Waals surface area (Å²) in [5, 5.41) is 6.82. The van der Waals surface area contributed by atoms with Crippen molar-refractivity contribution in [2.45, 2.75) is 19.9 Å². The van der Waals surface area contributed by atoms with Crippen molar-refractivity contribution in [2.24, 2.45) is 0 Å². The zero-order chi connectivity index (χ0) is 19.1. The van der Waals surface area contributed by atoms with Crippen molar-refractivity contribution >= 4 is 28.9 Å². The molecule has 2 N–H and O–H groups in total. The van der Waals surface area contributed by atoms with E-state index in [1.807, 2.05) is 50.2 Å². The van der Waals surface area contributed by atoms with Crippen LogP contribution in [-0.2, 0) is 0 Å². The van der Waals surface area contributed by atoms with Gasteiger partial charge in [0.05, 0.1) is 6.04 Å². The lowest BCUT2D eigenvalue weighted by molar-refractivity contribution is 0.0827. The lowest BCUT2D eigenvalue weighted by Crippen LogP contribution is -2.39. The third-order valence-corrected chi connectivity index (χ3v) is 3.98. The standard InChI is InChI=1S/C20H25N3O2S/c1-14-7-5-6-8-18(14)25-13-15(2)21-20(26)22-17-11-9-16(10-12-17)19(24)23(3)4/h5-12,15H,13H2,1-4H3,(H2,21,22,26). The lowest BCUT2D eigenvalue weighted by Gasteiger charge is -2.18. The van der Waals surface area contributed by atoms with Gasteiger partial charge in [0.15, 0.2) is 5.11 Å². The monoisotopic (exact) mass is 371 g/mol. The second-order valence-electron chi connectivity index (χ2n) is 6.35. The Morgan fingerprint density at radius 1 is 1.15 bits per heavy atom. The van der Waals surface area contributed by atoms with Crippen LogP contribution in [0.1, 0.15) is 22.8 Å². The number of carbonyl (C=O) groups excluding carboxylic acids is 1. The van der Waals surface area contributed by atoms with Crippen LogP contribution >= 0.6 is 12.2 Å². The SMILES string of the molecule is Cc1ccccc1OCC(C)NC(=S)Nc1ccc(C(=O)N(C)C)cc1.